The maximum Gasteiger partial charge on any atom is 0.271 e. The van der Waals surface area contributed by atoms with Crippen molar-refractivity contribution in [2.24, 2.45) is 0 Å². The number of aromatic nitrogens is 4. The summed E-state index contributed by atoms with van der Waals surface area (Å²) in [6.45, 7) is 2.89. The molecule has 1 aliphatic heterocycles. The molecule has 1 saturated heterocycles. The van der Waals surface area contributed by atoms with Crippen molar-refractivity contribution in [1.29, 1.82) is 0 Å². The third-order valence-electron chi connectivity index (χ3n) is 3.93. The van der Waals surface area contributed by atoms with Crippen LogP contribution in [0.4, 0.5) is 5.82 Å². The molecule has 0 bridgehead atoms. The number of amides is 1. The van der Waals surface area contributed by atoms with Crippen molar-refractivity contribution in [2.75, 3.05) is 24.5 Å². The van der Waals surface area contributed by atoms with E-state index in [-0.39, 0.29) is 11.5 Å². The van der Waals surface area contributed by atoms with Gasteiger partial charge in [0.15, 0.2) is 11.5 Å². The van der Waals surface area contributed by atoms with Gasteiger partial charge in [-0.1, -0.05) is 0 Å². The normalized spacial score (nSPS) is 13.9. The molecule has 3 heterocycles. The minimum Gasteiger partial charge on any atom is -0.355 e. The lowest BCUT2D eigenvalue weighted by Gasteiger charge is -2.15. The first kappa shape index (κ1) is 16.1. The highest BCUT2D eigenvalue weighted by atomic mass is 16.2. The average molecular weight is 328 g/mol. The quantitative estimate of drug-likeness (QED) is 0.774. The summed E-state index contributed by atoms with van der Waals surface area (Å²) in [6, 6.07) is 6.59. The summed E-state index contributed by atoms with van der Waals surface area (Å²) >= 11 is 0. The van der Waals surface area contributed by atoms with Crippen LogP contribution in [-0.2, 0) is 6.54 Å². The second kappa shape index (κ2) is 7.67. The van der Waals surface area contributed by atoms with E-state index in [4.69, 9.17) is 0 Å². The van der Waals surface area contributed by atoms with Crippen LogP contribution in [-0.4, -0.2) is 45.5 Å². The number of nitrogens with zero attached hydrogens (tertiary/aromatic N) is 5. The van der Waals surface area contributed by atoms with Crippen molar-refractivity contribution < 1.29 is 4.79 Å². The maximum absolute atomic E-state index is 12.0. The van der Waals surface area contributed by atoms with Gasteiger partial charge >= 0.3 is 0 Å². The summed E-state index contributed by atoms with van der Waals surface area (Å²) in [5.41, 5.74) is 0.153. The van der Waals surface area contributed by atoms with Crippen LogP contribution < -0.4 is 15.8 Å². The van der Waals surface area contributed by atoms with Gasteiger partial charge in [-0.2, -0.15) is 5.10 Å². The van der Waals surface area contributed by atoms with Crippen molar-refractivity contribution in [3.63, 3.8) is 0 Å². The third kappa shape index (κ3) is 3.95. The summed E-state index contributed by atoms with van der Waals surface area (Å²) in [6.07, 6.45) is 4.52. The van der Waals surface area contributed by atoms with E-state index in [2.05, 4.69) is 25.5 Å². The number of anilines is 1. The highest BCUT2D eigenvalue weighted by molar-refractivity contribution is 5.92. The molecule has 2 aromatic heterocycles. The van der Waals surface area contributed by atoms with Crippen LogP contribution in [0.5, 0.6) is 0 Å². The van der Waals surface area contributed by atoms with E-state index in [1.54, 1.807) is 18.3 Å². The minimum absolute atomic E-state index is 0.146. The minimum atomic E-state index is -0.260. The van der Waals surface area contributed by atoms with Crippen LogP contribution in [0.25, 0.3) is 0 Å². The largest absolute Gasteiger partial charge is 0.355 e. The second-order valence-electron chi connectivity index (χ2n) is 5.67. The van der Waals surface area contributed by atoms with Crippen molar-refractivity contribution >= 4 is 11.7 Å². The molecule has 1 amide bonds. The van der Waals surface area contributed by atoms with E-state index in [1.165, 1.54) is 23.6 Å². The molecule has 0 atom stereocenters. The van der Waals surface area contributed by atoms with E-state index < -0.39 is 0 Å². The van der Waals surface area contributed by atoms with Crippen molar-refractivity contribution in [1.82, 2.24) is 25.3 Å². The zero-order chi connectivity index (χ0) is 16.8. The van der Waals surface area contributed by atoms with E-state index in [0.717, 1.165) is 18.9 Å². The maximum atomic E-state index is 12.0. The fourth-order valence-electron chi connectivity index (χ4n) is 2.64. The molecule has 1 fully saturated rings. The summed E-state index contributed by atoms with van der Waals surface area (Å²) < 4.78 is 1.37. The molecule has 0 saturated carbocycles. The standard InChI is InChI=1S/C16H20N6O2/c23-15-5-3-9-18-22(15)12-4-8-17-16(24)13-6-7-14(20-19-13)21-10-1-2-11-21/h3,5-7,9H,1-2,4,8,10-12H2,(H,17,24). The molecular weight excluding hydrogens is 308 g/mol. The molecule has 24 heavy (non-hydrogen) atoms. The van der Waals surface area contributed by atoms with Gasteiger partial charge in [0.25, 0.3) is 11.5 Å². The van der Waals surface area contributed by atoms with Gasteiger partial charge in [0.2, 0.25) is 0 Å². The van der Waals surface area contributed by atoms with Gasteiger partial charge in [-0.05, 0) is 37.5 Å². The molecule has 3 rings (SSSR count). The molecule has 1 aliphatic rings. The van der Waals surface area contributed by atoms with E-state index in [1.807, 2.05) is 6.07 Å². The predicted octanol–water partition coefficient (Wildman–Crippen LogP) is 0.454. The van der Waals surface area contributed by atoms with Crippen LogP contribution in [0, 0.1) is 0 Å². The molecule has 8 heteroatoms. The van der Waals surface area contributed by atoms with Crippen molar-refractivity contribution in [2.45, 2.75) is 25.8 Å². The van der Waals surface area contributed by atoms with Gasteiger partial charge in [-0.25, -0.2) is 4.68 Å². The van der Waals surface area contributed by atoms with Crippen LogP contribution in [0.15, 0.2) is 35.3 Å². The Morgan fingerprint density at radius 1 is 1.17 bits per heavy atom. The van der Waals surface area contributed by atoms with Crippen LogP contribution >= 0.6 is 0 Å². The Morgan fingerprint density at radius 3 is 2.71 bits per heavy atom. The lowest BCUT2D eigenvalue weighted by atomic mass is 10.3. The first-order chi connectivity index (χ1) is 11.7. The molecule has 0 unspecified atom stereocenters. The summed E-state index contributed by atoms with van der Waals surface area (Å²) in [5, 5.41) is 14.9. The van der Waals surface area contributed by atoms with Crippen molar-refractivity contribution in [3.8, 4) is 0 Å². The number of carbonyl (C=O) groups is 1. The Hall–Kier alpha value is -2.77. The van der Waals surface area contributed by atoms with E-state index in [0.29, 0.717) is 25.2 Å². The van der Waals surface area contributed by atoms with E-state index in [9.17, 15) is 9.59 Å². The smallest absolute Gasteiger partial charge is 0.271 e. The third-order valence-corrected chi connectivity index (χ3v) is 3.93. The molecule has 8 nitrogen and oxygen atoms in total. The average Bonchev–Trinajstić information content (AvgIpc) is 3.15. The topological polar surface area (TPSA) is 93.0 Å². The molecule has 2 aromatic rings. The number of aryl methyl sites for hydroxylation is 1. The Kier molecular flexibility index (Phi) is 5.15. The fraction of sp³-hybridized carbons (Fsp3) is 0.438. The summed E-state index contributed by atoms with van der Waals surface area (Å²) in [4.78, 5) is 25.7. The molecular formula is C16H20N6O2. The Bertz CT molecular complexity index is 737. The molecule has 1 N–H and O–H groups in total. The molecule has 126 valence electrons. The number of rotatable bonds is 6. The summed E-state index contributed by atoms with van der Waals surface area (Å²) in [5.74, 6) is 0.558. The Balaban J connectivity index is 1.46. The SMILES string of the molecule is O=C(NCCCn1ncccc1=O)c1ccc(N2CCCC2)nn1. The zero-order valence-corrected chi connectivity index (χ0v) is 13.4. The van der Waals surface area contributed by atoms with Crippen LogP contribution in [0.3, 0.4) is 0 Å². The predicted molar refractivity (Wildman–Crippen MR) is 88.9 cm³/mol. The molecule has 0 spiro atoms. The van der Waals surface area contributed by atoms with E-state index >= 15 is 0 Å². The van der Waals surface area contributed by atoms with Gasteiger partial charge in [0, 0.05) is 38.4 Å². The first-order valence-electron chi connectivity index (χ1n) is 8.13. The number of hydrogen-bond donors (Lipinski definition) is 1. The Morgan fingerprint density at radius 2 is 2.00 bits per heavy atom. The van der Waals surface area contributed by atoms with Gasteiger partial charge in [-0.3, -0.25) is 9.59 Å². The van der Waals surface area contributed by atoms with Gasteiger partial charge in [-0.15, -0.1) is 10.2 Å². The Labute approximate surface area is 139 Å². The lowest BCUT2D eigenvalue weighted by molar-refractivity contribution is 0.0946. The molecule has 0 aromatic carbocycles. The number of carbonyl (C=O) groups excluding carboxylic acids is 1. The first-order valence-corrected chi connectivity index (χ1v) is 8.13. The highest BCUT2D eigenvalue weighted by Crippen LogP contribution is 2.16. The van der Waals surface area contributed by atoms with Crippen LogP contribution in [0.1, 0.15) is 29.8 Å². The lowest BCUT2D eigenvalue weighted by Crippen LogP contribution is -2.28. The molecule has 0 aliphatic carbocycles. The van der Waals surface area contributed by atoms with Gasteiger partial charge in [0.05, 0.1) is 0 Å². The van der Waals surface area contributed by atoms with Crippen LogP contribution in [0.2, 0.25) is 0 Å². The highest BCUT2D eigenvalue weighted by Gasteiger charge is 2.15. The summed E-state index contributed by atoms with van der Waals surface area (Å²) in [7, 11) is 0. The van der Waals surface area contributed by atoms with Gasteiger partial charge in [0.1, 0.15) is 0 Å². The second-order valence-corrected chi connectivity index (χ2v) is 5.67. The fourth-order valence-corrected chi connectivity index (χ4v) is 2.64. The van der Waals surface area contributed by atoms with Gasteiger partial charge < -0.3 is 10.2 Å². The number of nitrogens with one attached hydrogen (secondary N) is 1. The molecule has 0 radical (unpaired) electrons. The number of hydrogen-bond acceptors (Lipinski definition) is 6. The zero-order valence-electron chi connectivity index (χ0n) is 13.4. The van der Waals surface area contributed by atoms with Crippen molar-refractivity contribution in [3.05, 3.63) is 46.5 Å². The monoisotopic (exact) mass is 328 g/mol.